The Labute approximate surface area is 116 Å². The van der Waals surface area contributed by atoms with Crippen LogP contribution < -0.4 is 10.1 Å². The number of aliphatic imine (C=N–C) groups is 1. The van der Waals surface area contributed by atoms with E-state index in [0.717, 1.165) is 12.3 Å². The van der Waals surface area contributed by atoms with E-state index in [9.17, 15) is 17.6 Å². The molecule has 1 aliphatic rings. The molecule has 2 heterocycles. The van der Waals surface area contributed by atoms with Gasteiger partial charge >= 0.3 is 6.18 Å². The van der Waals surface area contributed by atoms with Crippen LogP contribution in [0.4, 0.5) is 17.6 Å². The van der Waals surface area contributed by atoms with Gasteiger partial charge in [0.1, 0.15) is 5.50 Å². The zero-order valence-electron chi connectivity index (χ0n) is 9.79. The first-order valence-corrected chi connectivity index (χ1v) is 5.79. The maximum absolute atomic E-state index is 13.6. The van der Waals surface area contributed by atoms with Crippen molar-refractivity contribution in [3.8, 4) is 5.88 Å². The maximum atomic E-state index is 13.6. The molecular formula is C11H8ClF4N3O. The number of alkyl halides is 4. The van der Waals surface area contributed by atoms with Gasteiger partial charge in [0.25, 0.3) is 5.88 Å². The topological polar surface area (TPSA) is 46.5 Å². The Morgan fingerprint density at radius 2 is 2.15 bits per heavy atom. The number of rotatable bonds is 3. The number of nitrogens with one attached hydrogen (secondary N) is 1. The van der Waals surface area contributed by atoms with Crippen molar-refractivity contribution in [2.45, 2.75) is 11.7 Å². The second-order valence-corrected chi connectivity index (χ2v) is 4.26. The molecule has 0 saturated heterocycles. The molecule has 0 radical (unpaired) electrons. The van der Waals surface area contributed by atoms with Crippen LogP contribution in [0.25, 0.3) is 5.70 Å². The van der Waals surface area contributed by atoms with Crippen LogP contribution in [-0.2, 0) is 0 Å². The highest BCUT2D eigenvalue weighted by Crippen LogP contribution is 2.23. The summed E-state index contributed by atoms with van der Waals surface area (Å²) in [5.41, 5.74) is 0.177. The van der Waals surface area contributed by atoms with Gasteiger partial charge in [0, 0.05) is 24.2 Å². The summed E-state index contributed by atoms with van der Waals surface area (Å²) in [5.74, 6) is -1.72. The zero-order valence-corrected chi connectivity index (χ0v) is 10.5. The number of nitrogens with zero attached hydrogens (tertiary/aromatic N) is 2. The average Bonchev–Trinajstić information content (AvgIpc) is 2.37. The van der Waals surface area contributed by atoms with E-state index in [-0.39, 0.29) is 5.56 Å². The molecule has 1 aromatic heterocycles. The smallest absolute Gasteiger partial charge is 0.422 e. The number of ether oxygens (including phenoxy) is 1. The Hall–Kier alpha value is -1.83. The lowest BCUT2D eigenvalue weighted by Gasteiger charge is -2.13. The Balaban J connectivity index is 2.12. The first-order valence-electron chi connectivity index (χ1n) is 5.35. The van der Waals surface area contributed by atoms with Crippen molar-refractivity contribution in [2.24, 2.45) is 4.99 Å². The van der Waals surface area contributed by atoms with Crippen LogP contribution >= 0.6 is 11.6 Å². The van der Waals surface area contributed by atoms with Crippen molar-refractivity contribution in [1.82, 2.24) is 10.3 Å². The summed E-state index contributed by atoms with van der Waals surface area (Å²) in [4.78, 5) is 7.45. The predicted octanol–water partition coefficient (Wildman–Crippen LogP) is 2.70. The maximum Gasteiger partial charge on any atom is 0.422 e. The van der Waals surface area contributed by atoms with E-state index in [0.29, 0.717) is 5.70 Å². The summed E-state index contributed by atoms with van der Waals surface area (Å²) < 4.78 is 53.7. The van der Waals surface area contributed by atoms with E-state index in [1.165, 1.54) is 12.4 Å². The fourth-order valence-corrected chi connectivity index (χ4v) is 1.48. The van der Waals surface area contributed by atoms with E-state index in [1.807, 2.05) is 0 Å². The van der Waals surface area contributed by atoms with Crippen LogP contribution in [0.5, 0.6) is 5.88 Å². The summed E-state index contributed by atoms with van der Waals surface area (Å²) in [7, 11) is 0. The van der Waals surface area contributed by atoms with Gasteiger partial charge in [-0.05, 0) is 6.07 Å². The van der Waals surface area contributed by atoms with Crippen LogP contribution in [-0.4, -0.2) is 29.5 Å². The number of pyridine rings is 1. The molecule has 108 valence electrons. The van der Waals surface area contributed by atoms with Crippen LogP contribution in [0.2, 0.25) is 0 Å². The van der Waals surface area contributed by atoms with Gasteiger partial charge in [-0.25, -0.2) is 9.37 Å². The molecule has 0 spiro atoms. The van der Waals surface area contributed by atoms with Crippen molar-refractivity contribution in [2.75, 3.05) is 6.61 Å². The van der Waals surface area contributed by atoms with Crippen molar-refractivity contribution < 1.29 is 22.3 Å². The summed E-state index contributed by atoms with van der Waals surface area (Å²) in [6.07, 6.45) is -0.552. The van der Waals surface area contributed by atoms with Crippen LogP contribution in [0.15, 0.2) is 23.5 Å². The molecule has 0 aliphatic carbocycles. The van der Waals surface area contributed by atoms with Gasteiger partial charge in [-0.1, -0.05) is 11.6 Å². The van der Waals surface area contributed by atoms with Gasteiger partial charge in [-0.15, -0.1) is 0 Å². The van der Waals surface area contributed by atoms with Gasteiger partial charge in [0.2, 0.25) is 0 Å². The second-order valence-electron chi connectivity index (χ2n) is 3.79. The van der Waals surface area contributed by atoms with E-state index in [1.54, 1.807) is 0 Å². The van der Waals surface area contributed by atoms with E-state index in [2.05, 4.69) is 20.0 Å². The molecule has 1 atom stereocenters. The van der Waals surface area contributed by atoms with E-state index in [4.69, 9.17) is 11.6 Å². The highest BCUT2D eigenvalue weighted by atomic mass is 35.5. The minimum absolute atomic E-state index is 0.286. The largest absolute Gasteiger partial charge is 0.466 e. The van der Waals surface area contributed by atoms with Crippen molar-refractivity contribution in [3.63, 3.8) is 0 Å². The molecule has 9 heteroatoms. The van der Waals surface area contributed by atoms with E-state index < -0.39 is 30.0 Å². The monoisotopic (exact) mass is 309 g/mol. The molecule has 1 unspecified atom stereocenters. The van der Waals surface area contributed by atoms with Gasteiger partial charge < -0.3 is 10.1 Å². The van der Waals surface area contributed by atoms with Gasteiger partial charge in [-0.3, -0.25) is 4.99 Å². The molecule has 1 N–H and O–H groups in total. The lowest BCUT2D eigenvalue weighted by Crippen LogP contribution is -2.22. The third kappa shape index (κ3) is 3.83. The van der Waals surface area contributed by atoms with Crippen molar-refractivity contribution in [1.29, 1.82) is 0 Å². The van der Waals surface area contributed by atoms with Crippen molar-refractivity contribution in [3.05, 3.63) is 29.8 Å². The predicted molar refractivity (Wildman–Crippen MR) is 65.0 cm³/mol. The molecule has 4 nitrogen and oxygen atoms in total. The number of aromatic nitrogens is 1. The normalized spacial score (nSPS) is 18.4. The second kappa shape index (κ2) is 5.66. The van der Waals surface area contributed by atoms with Crippen molar-refractivity contribution >= 4 is 23.5 Å². The third-order valence-electron chi connectivity index (χ3n) is 2.20. The van der Waals surface area contributed by atoms with Crippen LogP contribution in [0.1, 0.15) is 5.56 Å². The number of hydrogen-bond acceptors (Lipinski definition) is 4. The quantitative estimate of drug-likeness (QED) is 0.530. The Kier molecular flexibility index (Phi) is 4.12. The molecule has 20 heavy (non-hydrogen) atoms. The van der Waals surface area contributed by atoms with Crippen LogP contribution in [0.3, 0.4) is 0 Å². The summed E-state index contributed by atoms with van der Waals surface area (Å²) in [6.45, 7) is -1.60. The van der Waals surface area contributed by atoms with Crippen LogP contribution in [0, 0.1) is 5.82 Å². The minimum Gasteiger partial charge on any atom is -0.466 e. The van der Waals surface area contributed by atoms with E-state index >= 15 is 0 Å². The lowest BCUT2D eigenvalue weighted by atomic mass is 10.2. The number of hydrogen-bond donors (Lipinski definition) is 1. The Morgan fingerprint density at radius 3 is 2.70 bits per heavy atom. The minimum atomic E-state index is -4.55. The zero-order chi connectivity index (χ0) is 14.8. The molecular weight excluding hydrogens is 302 g/mol. The first kappa shape index (κ1) is 14.6. The Morgan fingerprint density at radius 1 is 1.40 bits per heavy atom. The summed E-state index contributed by atoms with van der Waals surface area (Å²) in [6, 6.07) is 0.984. The third-order valence-corrected chi connectivity index (χ3v) is 2.44. The molecule has 0 fully saturated rings. The molecule has 0 amide bonds. The fourth-order valence-electron chi connectivity index (χ4n) is 1.36. The average molecular weight is 310 g/mol. The summed E-state index contributed by atoms with van der Waals surface area (Å²) >= 11 is 5.69. The Bertz CT molecular complexity index is 559. The standard InChI is InChI=1S/C11H8ClF4N3O/c12-9-4-17-8(3-18-9)6-1-7(13)10(19-2-6)20-5-11(14,15)16/h1-4,9,18H,5H2. The van der Waals surface area contributed by atoms with Gasteiger partial charge in [-0.2, -0.15) is 13.2 Å². The SMILES string of the molecule is Fc1cc(C2=CNC(Cl)C=N2)cnc1OCC(F)(F)F. The number of halogens is 5. The van der Waals surface area contributed by atoms with Gasteiger partial charge in [0.15, 0.2) is 12.4 Å². The summed E-state index contributed by atoms with van der Waals surface area (Å²) in [5, 5.41) is 2.73. The molecule has 1 aliphatic heterocycles. The molecule has 0 aromatic carbocycles. The highest BCUT2D eigenvalue weighted by Gasteiger charge is 2.29. The molecule has 0 bridgehead atoms. The highest BCUT2D eigenvalue weighted by molar-refractivity contribution is 6.28. The fraction of sp³-hybridized carbons (Fsp3) is 0.273. The molecule has 2 rings (SSSR count). The van der Waals surface area contributed by atoms with Gasteiger partial charge in [0.05, 0.1) is 5.70 Å². The molecule has 1 aromatic rings. The molecule has 0 saturated carbocycles. The first-order chi connectivity index (χ1) is 9.35. The lowest BCUT2D eigenvalue weighted by molar-refractivity contribution is -0.154.